The fourth-order valence-corrected chi connectivity index (χ4v) is 1.33. The van der Waals surface area contributed by atoms with Crippen LogP contribution in [0.25, 0.3) is 0 Å². The Kier molecular flexibility index (Phi) is 4.46. The van der Waals surface area contributed by atoms with E-state index in [4.69, 9.17) is 16.7 Å². The maximum atomic E-state index is 9.16. The molecular weight excluding hydrogens is 208 g/mol. The van der Waals surface area contributed by atoms with Crippen molar-refractivity contribution in [3.05, 3.63) is 28.8 Å². The Morgan fingerprint density at radius 1 is 1.27 bits per heavy atom. The SMILES string of the molecule is CC(C)c1cc(O)cc(Cl)c1.CC1CC1. The van der Waals surface area contributed by atoms with Gasteiger partial charge >= 0.3 is 0 Å². The summed E-state index contributed by atoms with van der Waals surface area (Å²) < 4.78 is 0. The van der Waals surface area contributed by atoms with Gasteiger partial charge in [-0.15, -0.1) is 0 Å². The van der Waals surface area contributed by atoms with Gasteiger partial charge in [-0.1, -0.05) is 45.2 Å². The predicted octanol–water partition coefficient (Wildman–Crippen LogP) is 4.59. The zero-order valence-electron chi connectivity index (χ0n) is 9.63. The fraction of sp³-hybridized carbons (Fsp3) is 0.538. The molecule has 0 amide bonds. The molecule has 2 heteroatoms. The zero-order valence-corrected chi connectivity index (χ0v) is 10.4. The van der Waals surface area contributed by atoms with Crippen molar-refractivity contribution in [1.82, 2.24) is 0 Å². The van der Waals surface area contributed by atoms with E-state index in [-0.39, 0.29) is 5.75 Å². The number of benzene rings is 1. The highest BCUT2D eigenvalue weighted by atomic mass is 35.5. The van der Waals surface area contributed by atoms with Gasteiger partial charge in [0.25, 0.3) is 0 Å². The first-order valence-electron chi connectivity index (χ1n) is 5.48. The molecule has 1 N–H and O–H groups in total. The summed E-state index contributed by atoms with van der Waals surface area (Å²) in [5.74, 6) is 1.72. The minimum absolute atomic E-state index is 0.237. The van der Waals surface area contributed by atoms with E-state index < -0.39 is 0 Å². The number of hydrogen-bond donors (Lipinski definition) is 1. The molecule has 1 nitrogen and oxygen atoms in total. The lowest BCUT2D eigenvalue weighted by Crippen LogP contribution is -1.85. The number of hydrogen-bond acceptors (Lipinski definition) is 1. The quantitative estimate of drug-likeness (QED) is 0.743. The van der Waals surface area contributed by atoms with Crippen LogP contribution in [0, 0.1) is 5.92 Å². The van der Waals surface area contributed by atoms with Crippen molar-refractivity contribution < 1.29 is 5.11 Å². The van der Waals surface area contributed by atoms with Crippen LogP contribution < -0.4 is 0 Å². The molecule has 0 bridgehead atoms. The van der Waals surface area contributed by atoms with Crippen LogP contribution in [-0.2, 0) is 0 Å². The second-order valence-corrected chi connectivity index (χ2v) is 5.02. The molecule has 0 saturated heterocycles. The Morgan fingerprint density at radius 2 is 1.80 bits per heavy atom. The first-order chi connectivity index (χ1) is 6.99. The summed E-state index contributed by atoms with van der Waals surface area (Å²) in [5.41, 5.74) is 1.06. The number of aromatic hydroxyl groups is 1. The van der Waals surface area contributed by atoms with E-state index in [1.54, 1.807) is 6.07 Å². The maximum Gasteiger partial charge on any atom is 0.117 e. The summed E-state index contributed by atoms with van der Waals surface area (Å²) in [6, 6.07) is 5.13. The van der Waals surface area contributed by atoms with Crippen LogP contribution in [0.4, 0.5) is 0 Å². The average Bonchev–Trinajstić information content (AvgIpc) is 2.87. The molecule has 0 spiro atoms. The summed E-state index contributed by atoms with van der Waals surface area (Å²) in [5, 5.41) is 9.75. The van der Waals surface area contributed by atoms with Crippen molar-refractivity contribution in [3.63, 3.8) is 0 Å². The maximum absolute atomic E-state index is 9.16. The van der Waals surface area contributed by atoms with E-state index in [1.165, 1.54) is 18.9 Å². The number of phenols is 1. The van der Waals surface area contributed by atoms with E-state index >= 15 is 0 Å². The van der Waals surface area contributed by atoms with Crippen LogP contribution in [-0.4, -0.2) is 5.11 Å². The van der Waals surface area contributed by atoms with Gasteiger partial charge in [-0.25, -0.2) is 0 Å². The summed E-state index contributed by atoms with van der Waals surface area (Å²) in [6.07, 6.45) is 2.97. The van der Waals surface area contributed by atoms with Crippen molar-refractivity contribution in [1.29, 1.82) is 0 Å². The topological polar surface area (TPSA) is 20.2 Å². The lowest BCUT2D eigenvalue weighted by Gasteiger charge is -2.05. The Balaban J connectivity index is 0.000000234. The normalized spacial score (nSPS) is 14.7. The predicted molar refractivity (Wildman–Crippen MR) is 65.6 cm³/mol. The van der Waals surface area contributed by atoms with Gasteiger partial charge < -0.3 is 5.11 Å². The molecule has 0 heterocycles. The van der Waals surface area contributed by atoms with Gasteiger partial charge in [-0.2, -0.15) is 0 Å². The van der Waals surface area contributed by atoms with E-state index in [1.807, 2.05) is 6.07 Å². The monoisotopic (exact) mass is 226 g/mol. The largest absolute Gasteiger partial charge is 0.508 e. The van der Waals surface area contributed by atoms with Gasteiger partial charge in [0, 0.05) is 5.02 Å². The van der Waals surface area contributed by atoms with Crippen LogP contribution in [0.2, 0.25) is 5.02 Å². The van der Waals surface area contributed by atoms with E-state index in [2.05, 4.69) is 20.8 Å². The van der Waals surface area contributed by atoms with Gasteiger partial charge in [0.05, 0.1) is 0 Å². The van der Waals surface area contributed by atoms with Crippen LogP contribution >= 0.6 is 11.6 Å². The highest BCUT2D eigenvalue weighted by Crippen LogP contribution is 2.26. The molecule has 1 aliphatic carbocycles. The van der Waals surface area contributed by atoms with Crippen molar-refractivity contribution >= 4 is 11.6 Å². The third-order valence-corrected chi connectivity index (χ3v) is 2.66. The standard InChI is InChI=1S/C9H11ClO.C4H8/c1-6(2)7-3-8(10)5-9(11)4-7;1-4-2-3-4/h3-6,11H,1-2H3;4H,2-3H2,1H3. The number of halogens is 1. The Bertz CT molecular complexity index is 296. The van der Waals surface area contributed by atoms with Crippen LogP contribution in [0.3, 0.4) is 0 Å². The third-order valence-electron chi connectivity index (χ3n) is 2.44. The molecule has 0 aliphatic heterocycles. The summed E-state index contributed by atoms with van der Waals surface area (Å²) in [4.78, 5) is 0. The summed E-state index contributed by atoms with van der Waals surface area (Å²) in [7, 11) is 0. The smallest absolute Gasteiger partial charge is 0.117 e. The fourth-order valence-electron chi connectivity index (χ4n) is 1.10. The highest BCUT2D eigenvalue weighted by Gasteiger charge is 2.12. The molecule has 2 rings (SSSR count). The highest BCUT2D eigenvalue weighted by molar-refractivity contribution is 6.30. The van der Waals surface area contributed by atoms with Gasteiger partial charge in [0.2, 0.25) is 0 Å². The molecule has 0 aromatic heterocycles. The lowest BCUT2D eigenvalue weighted by atomic mass is 10.0. The van der Waals surface area contributed by atoms with Crippen molar-refractivity contribution in [2.75, 3.05) is 0 Å². The van der Waals surface area contributed by atoms with E-state index in [0.29, 0.717) is 10.9 Å². The molecule has 1 aliphatic rings. The summed E-state index contributed by atoms with van der Waals surface area (Å²) >= 11 is 5.73. The van der Waals surface area contributed by atoms with Crippen molar-refractivity contribution in [3.8, 4) is 5.75 Å². The van der Waals surface area contributed by atoms with Gasteiger partial charge in [0.1, 0.15) is 5.75 Å². The minimum atomic E-state index is 0.237. The van der Waals surface area contributed by atoms with Gasteiger partial charge in [0.15, 0.2) is 0 Å². The Hall–Kier alpha value is -0.690. The molecule has 84 valence electrons. The number of phenolic OH excluding ortho intramolecular Hbond substituents is 1. The first kappa shape index (κ1) is 12.4. The summed E-state index contributed by atoms with van der Waals surface area (Å²) in [6.45, 7) is 6.40. The third kappa shape index (κ3) is 5.08. The van der Waals surface area contributed by atoms with Crippen LogP contribution in [0.5, 0.6) is 5.75 Å². The van der Waals surface area contributed by atoms with Gasteiger partial charge in [-0.3, -0.25) is 0 Å². The molecule has 0 unspecified atom stereocenters. The second kappa shape index (κ2) is 5.41. The van der Waals surface area contributed by atoms with Crippen LogP contribution in [0.15, 0.2) is 18.2 Å². The Labute approximate surface area is 97.1 Å². The molecule has 1 aromatic carbocycles. The van der Waals surface area contributed by atoms with Crippen molar-refractivity contribution in [2.24, 2.45) is 5.92 Å². The lowest BCUT2D eigenvalue weighted by molar-refractivity contribution is 0.474. The molecule has 1 fully saturated rings. The van der Waals surface area contributed by atoms with E-state index in [0.717, 1.165) is 11.5 Å². The minimum Gasteiger partial charge on any atom is -0.508 e. The molecule has 0 radical (unpaired) electrons. The van der Waals surface area contributed by atoms with Crippen LogP contribution in [0.1, 0.15) is 45.1 Å². The molecule has 1 aromatic rings. The van der Waals surface area contributed by atoms with Crippen molar-refractivity contribution in [2.45, 2.75) is 39.5 Å². The van der Waals surface area contributed by atoms with E-state index in [9.17, 15) is 0 Å². The molecule has 1 saturated carbocycles. The average molecular weight is 227 g/mol. The Morgan fingerprint density at radius 3 is 2.13 bits per heavy atom. The van der Waals surface area contributed by atoms with Gasteiger partial charge in [-0.05, 0) is 35.6 Å². The molecule has 15 heavy (non-hydrogen) atoms. The zero-order chi connectivity index (χ0) is 11.4. The molecule has 0 atom stereocenters. The first-order valence-corrected chi connectivity index (χ1v) is 5.86. The number of rotatable bonds is 1. The molecular formula is C13H19ClO. The second-order valence-electron chi connectivity index (χ2n) is 4.58.